The van der Waals surface area contributed by atoms with Gasteiger partial charge in [0.15, 0.2) is 5.78 Å². The van der Waals surface area contributed by atoms with Crippen LogP contribution in [0.2, 0.25) is 0 Å². The number of carbonyl (C=O) groups excluding carboxylic acids is 2. The molecule has 1 atom stereocenters. The predicted octanol–water partition coefficient (Wildman–Crippen LogP) is 2.59. The smallest absolute Gasteiger partial charge is 0.319 e. The number of benzene rings is 1. The molecule has 90 valence electrons. The summed E-state index contributed by atoms with van der Waals surface area (Å²) in [4.78, 5) is 22.5. The molecule has 0 aliphatic heterocycles. The van der Waals surface area contributed by atoms with Crippen LogP contribution in [0.15, 0.2) is 36.9 Å². The Morgan fingerprint density at radius 3 is 2.35 bits per heavy atom. The van der Waals surface area contributed by atoms with Gasteiger partial charge in [-0.2, -0.15) is 0 Å². The van der Waals surface area contributed by atoms with E-state index in [1.165, 1.54) is 6.92 Å². The van der Waals surface area contributed by atoms with E-state index in [-0.39, 0.29) is 17.9 Å². The summed E-state index contributed by atoms with van der Waals surface area (Å²) in [6, 6.07) is 6.34. The lowest BCUT2D eigenvalue weighted by Crippen LogP contribution is -2.34. The first kappa shape index (κ1) is 13.0. The van der Waals surface area contributed by atoms with Crippen LogP contribution in [0.5, 0.6) is 0 Å². The molecule has 4 nitrogen and oxygen atoms in total. The van der Waals surface area contributed by atoms with Crippen LogP contribution in [-0.2, 0) is 0 Å². The molecule has 4 heteroatoms. The van der Waals surface area contributed by atoms with Gasteiger partial charge in [-0.25, -0.2) is 4.79 Å². The van der Waals surface area contributed by atoms with Gasteiger partial charge < -0.3 is 10.6 Å². The molecule has 1 unspecified atom stereocenters. The molecule has 0 saturated heterocycles. The highest BCUT2D eigenvalue weighted by Crippen LogP contribution is 2.09. The Kier molecular flexibility index (Phi) is 4.46. The molecular formula is C13H16N2O2. The molecule has 2 N–H and O–H groups in total. The van der Waals surface area contributed by atoms with Crippen molar-refractivity contribution in [2.24, 2.45) is 0 Å². The van der Waals surface area contributed by atoms with E-state index in [1.54, 1.807) is 30.3 Å². The highest BCUT2D eigenvalue weighted by Gasteiger charge is 2.04. The fraction of sp³-hybridized carbons (Fsp3) is 0.231. The minimum Gasteiger partial charge on any atom is -0.332 e. The third kappa shape index (κ3) is 4.10. The molecule has 0 aliphatic carbocycles. The van der Waals surface area contributed by atoms with E-state index in [1.807, 2.05) is 6.92 Å². The number of rotatable bonds is 4. The van der Waals surface area contributed by atoms with Gasteiger partial charge in [-0.05, 0) is 38.1 Å². The molecule has 2 amide bonds. The van der Waals surface area contributed by atoms with Crippen LogP contribution in [0.1, 0.15) is 24.2 Å². The van der Waals surface area contributed by atoms with Crippen molar-refractivity contribution in [1.82, 2.24) is 5.32 Å². The van der Waals surface area contributed by atoms with E-state index < -0.39 is 0 Å². The SMILES string of the molecule is C=CC(C)NC(=O)Nc1ccc(C(C)=O)cc1. The maximum Gasteiger partial charge on any atom is 0.319 e. The zero-order valence-electron chi connectivity index (χ0n) is 9.99. The van der Waals surface area contributed by atoms with Crippen LogP contribution in [0, 0.1) is 0 Å². The second-order valence-corrected chi connectivity index (χ2v) is 3.76. The number of hydrogen-bond donors (Lipinski definition) is 2. The van der Waals surface area contributed by atoms with Gasteiger partial charge in [0.25, 0.3) is 0 Å². The van der Waals surface area contributed by atoms with Gasteiger partial charge in [0.05, 0.1) is 0 Å². The topological polar surface area (TPSA) is 58.2 Å². The van der Waals surface area contributed by atoms with Crippen LogP contribution >= 0.6 is 0 Å². The molecule has 0 spiro atoms. The first-order valence-electron chi connectivity index (χ1n) is 5.34. The van der Waals surface area contributed by atoms with E-state index in [0.29, 0.717) is 11.3 Å². The van der Waals surface area contributed by atoms with Gasteiger partial charge in [-0.15, -0.1) is 6.58 Å². The predicted molar refractivity (Wildman–Crippen MR) is 68.3 cm³/mol. The van der Waals surface area contributed by atoms with Crippen LogP contribution < -0.4 is 10.6 Å². The van der Waals surface area contributed by atoms with Crippen molar-refractivity contribution in [2.75, 3.05) is 5.32 Å². The van der Waals surface area contributed by atoms with Gasteiger partial charge in [0.2, 0.25) is 0 Å². The average molecular weight is 232 g/mol. The third-order valence-corrected chi connectivity index (χ3v) is 2.26. The first-order valence-corrected chi connectivity index (χ1v) is 5.34. The van der Waals surface area contributed by atoms with Crippen LogP contribution in [0.4, 0.5) is 10.5 Å². The van der Waals surface area contributed by atoms with Crippen LogP contribution in [0.25, 0.3) is 0 Å². The van der Waals surface area contributed by atoms with Gasteiger partial charge in [0.1, 0.15) is 0 Å². The number of carbonyl (C=O) groups is 2. The van der Waals surface area contributed by atoms with Crippen LogP contribution in [-0.4, -0.2) is 17.9 Å². The van der Waals surface area contributed by atoms with Crippen molar-refractivity contribution in [1.29, 1.82) is 0 Å². The number of Topliss-reactive ketones (excluding diaryl/α,β-unsaturated/α-hetero) is 1. The van der Waals surface area contributed by atoms with E-state index in [9.17, 15) is 9.59 Å². The van der Waals surface area contributed by atoms with Crippen LogP contribution in [0.3, 0.4) is 0 Å². The van der Waals surface area contributed by atoms with E-state index >= 15 is 0 Å². The maximum atomic E-state index is 11.5. The van der Waals surface area contributed by atoms with Crippen molar-refractivity contribution in [3.05, 3.63) is 42.5 Å². The summed E-state index contributed by atoms with van der Waals surface area (Å²) in [5.74, 6) is 0.00119. The molecule has 0 fully saturated rings. The molecule has 1 aromatic carbocycles. The summed E-state index contributed by atoms with van der Waals surface area (Å²) in [5.41, 5.74) is 1.26. The minimum absolute atomic E-state index is 0.00119. The molecule has 0 saturated carbocycles. The lowest BCUT2D eigenvalue weighted by Gasteiger charge is -2.10. The Bertz CT molecular complexity index is 424. The van der Waals surface area contributed by atoms with Crippen molar-refractivity contribution >= 4 is 17.5 Å². The Labute approximate surface area is 101 Å². The molecular weight excluding hydrogens is 216 g/mol. The summed E-state index contributed by atoms with van der Waals surface area (Å²) in [7, 11) is 0. The number of anilines is 1. The summed E-state index contributed by atoms with van der Waals surface area (Å²) in [5, 5.41) is 5.34. The highest BCUT2D eigenvalue weighted by molar-refractivity contribution is 5.95. The number of amides is 2. The average Bonchev–Trinajstić information content (AvgIpc) is 2.29. The quantitative estimate of drug-likeness (QED) is 0.619. The lowest BCUT2D eigenvalue weighted by molar-refractivity contribution is 0.101. The lowest BCUT2D eigenvalue weighted by atomic mass is 10.1. The highest BCUT2D eigenvalue weighted by atomic mass is 16.2. The summed E-state index contributed by atoms with van der Waals surface area (Å²) >= 11 is 0. The first-order chi connectivity index (χ1) is 8.02. The molecule has 17 heavy (non-hydrogen) atoms. The molecule has 0 radical (unpaired) electrons. The summed E-state index contributed by atoms with van der Waals surface area (Å²) < 4.78 is 0. The standard InChI is InChI=1S/C13H16N2O2/c1-4-9(2)14-13(17)15-12-7-5-11(6-8-12)10(3)16/h4-9H,1H2,2-3H3,(H2,14,15,17). The number of nitrogens with one attached hydrogen (secondary N) is 2. The Morgan fingerprint density at radius 2 is 1.88 bits per heavy atom. The number of hydrogen-bond acceptors (Lipinski definition) is 2. The second kappa shape index (κ2) is 5.84. The summed E-state index contributed by atoms with van der Waals surface area (Å²) in [6.07, 6.45) is 1.64. The van der Waals surface area contributed by atoms with Crippen molar-refractivity contribution < 1.29 is 9.59 Å². The Hall–Kier alpha value is -2.10. The largest absolute Gasteiger partial charge is 0.332 e. The zero-order chi connectivity index (χ0) is 12.8. The normalized spacial score (nSPS) is 11.4. The Morgan fingerprint density at radius 1 is 1.29 bits per heavy atom. The molecule has 0 bridgehead atoms. The van der Waals surface area contributed by atoms with Gasteiger partial charge >= 0.3 is 6.03 Å². The molecule has 1 aromatic rings. The minimum atomic E-state index is -0.298. The van der Waals surface area contributed by atoms with Gasteiger partial charge in [-0.1, -0.05) is 6.08 Å². The van der Waals surface area contributed by atoms with E-state index in [0.717, 1.165) is 0 Å². The third-order valence-electron chi connectivity index (χ3n) is 2.26. The molecule has 0 heterocycles. The molecule has 0 aromatic heterocycles. The summed E-state index contributed by atoms with van der Waals surface area (Å²) in [6.45, 7) is 6.90. The number of urea groups is 1. The maximum absolute atomic E-state index is 11.5. The molecule has 0 aliphatic rings. The van der Waals surface area contributed by atoms with Gasteiger partial charge in [-0.3, -0.25) is 4.79 Å². The fourth-order valence-corrected chi connectivity index (χ4v) is 1.22. The monoisotopic (exact) mass is 232 g/mol. The van der Waals surface area contributed by atoms with Crippen molar-refractivity contribution in [3.63, 3.8) is 0 Å². The Balaban J connectivity index is 2.60. The van der Waals surface area contributed by atoms with E-state index in [4.69, 9.17) is 0 Å². The van der Waals surface area contributed by atoms with Gasteiger partial charge in [0, 0.05) is 17.3 Å². The zero-order valence-corrected chi connectivity index (χ0v) is 9.99. The van der Waals surface area contributed by atoms with Crippen molar-refractivity contribution in [3.8, 4) is 0 Å². The number of ketones is 1. The van der Waals surface area contributed by atoms with Crippen molar-refractivity contribution in [2.45, 2.75) is 19.9 Å². The molecule has 1 rings (SSSR count). The second-order valence-electron chi connectivity index (χ2n) is 3.76. The fourth-order valence-electron chi connectivity index (χ4n) is 1.22. The van der Waals surface area contributed by atoms with E-state index in [2.05, 4.69) is 17.2 Å².